The predicted octanol–water partition coefficient (Wildman–Crippen LogP) is 20.8. The van der Waals surface area contributed by atoms with Crippen LogP contribution in [0.5, 0.6) is 0 Å². The Hall–Kier alpha value is -10.1. The molecule has 0 saturated heterocycles. The van der Waals surface area contributed by atoms with E-state index < -0.39 is 0 Å². The van der Waals surface area contributed by atoms with Gasteiger partial charge in [0.2, 0.25) is 0 Å². The molecule has 0 aliphatic heterocycles. The third-order valence-corrected chi connectivity index (χ3v) is 15.2. The lowest BCUT2D eigenvalue weighted by atomic mass is 9.96. The highest BCUT2D eigenvalue weighted by molar-refractivity contribution is 6.29. The quantitative estimate of drug-likeness (QED) is 0.135. The van der Waals surface area contributed by atoms with Crippen molar-refractivity contribution < 1.29 is 13.3 Å². The van der Waals surface area contributed by atoms with Crippen LogP contribution in [0.15, 0.2) is 274 Å². The van der Waals surface area contributed by atoms with E-state index in [0.29, 0.717) is 0 Å². The van der Waals surface area contributed by atoms with E-state index in [4.69, 9.17) is 13.3 Å². The first kappa shape index (κ1) is 43.5. The highest BCUT2D eigenvalue weighted by atomic mass is 16.3. The molecule has 0 amide bonds. The zero-order valence-electron chi connectivity index (χ0n) is 41.4. The van der Waals surface area contributed by atoms with Crippen LogP contribution in [0.25, 0.3) is 110 Å². The molecule has 12 aromatic carbocycles. The summed E-state index contributed by atoms with van der Waals surface area (Å²) in [5, 5.41) is 8.18. The fraction of sp³-hybridized carbons (Fsp3) is 0.0141. The third-order valence-electron chi connectivity index (χ3n) is 15.2. The molecule has 5 nitrogen and oxygen atoms in total. The van der Waals surface area contributed by atoms with Gasteiger partial charge in [0.1, 0.15) is 16.7 Å². The monoisotopic (exact) mass is 974 g/mol. The number of rotatable bonds is 9. The van der Waals surface area contributed by atoms with Crippen LogP contribution in [0.1, 0.15) is 5.56 Å². The van der Waals surface area contributed by atoms with Crippen LogP contribution >= 0.6 is 0 Å². The molecule has 0 atom stereocenters. The first-order chi connectivity index (χ1) is 37.6. The van der Waals surface area contributed by atoms with Crippen LogP contribution in [0.4, 0.5) is 34.1 Å². The molecule has 0 radical (unpaired) electrons. The molecule has 3 heterocycles. The molecule has 0 bridgehead atoms. The standard InChI is InChI=1S/C71H46N2O3/c1-45-19-8-9-24-52(45)56-29-16-30-58-59-32-18-34-62(70(59)76-68(56)58)73(51-43-39-49(40-44-51)47-22-6-3-7-23-47)67-55-27-11-10-26-54(55)66(65-60-28-13-15-36-64(60)75-71(65)67)72(50-41-37-48(38-42-50)46-20-4-2-5-21-46)61-33-17-31-57-53-25-12-14-35-63(53)74-69(57)61/h2-44H,1H3. The molecular weight excluding hydrogens is 929 g/mol. The maximum Gasteiger partial charge on any atom is 0.162 e. The number of furan rings is 3. The second kappa shape index (κ2) is 17.5. The summed E-state index contributed by atoms with van der Waals surface area (Å²) in [6, 6.07) is 92.4. The number of hydrogen-bond acceptors (Lipinski definition) is 5. The summed E-state index contributed by atoms with van der Waals surface area (Å²) in [5.41, 5.74) is 18.3. The SMILES string of the molecule is Cc1ccccc1-c1cccc2c1oc1c(N(c3ccc(-c4ccccc4)cc3)c3c4ccccc4c(N(c4ccc(-c5ccccc5)cc4)c4cccc5c4oc4ccccc45)c4c3oc3ccccc34)cccc12. The number of aryl methyl sites for hydroxylation is 1. The Bertz CT molecular complexity index is 4700. The van der Waals surface area contributed by atoms with Gasteiger partial charge in [-0.25, -0.2) is 0 Å². The minimum Gasteiger partial charge on any atom is -0.454 e. The number of fused-ring (bicyclic) bond motifs is 10. The smallest absolute Gasteiger partial charge is 0.162 e. The molecule has 0 aliphatic rings. The zero-order valence-corrected chi connectivity index (χ0v) is 41.4. The summed E-state index contributed by atoms with van der Waals surface area (Å²) in [6.45, 7) is 2.16. The van der Waals surface area contributed by atoms with Gasteiger partial charge >= 0.3 is 0 Å². The maximum atomic E-state index is 7.42. The molecule has 0 unspecified atom stereocenters. The molecule has 0 spiro atoms. The molecule has 0 aliphatic carbocycles. The minimum atomic E-state index is 0.735. The van der Waals surface area contributed by atoms with E-state index in [2.05, 4.69) is 272 Å². The molecular formula is C71H46N2O3. The summed E-state index contributed by atoms with van der Waals surface area (Å²) in [4.78, 5) is 4.75. The van der Waals surface area contributed by atoms with E-state index in [-0.39, 0.29) is 0 Å². The van der Waals surface area contributed by atoms with Crippen LogP contribution in [0.3, 0.4) is 0 Å². The molecule has 3 aromatic heterocycles. The molecule has 358 valence electrons. The highest BCUT2D eigenvalue weighted by Crippen LogP contribution is 2.56. The van der Waals surface area contributed by atoms with Crippen molar-refractivity contribution in [2.45, 2.75) is 6.92 Å². The Labute approximate surface area is 438 Å². The zero-order chi connectivity index (χ0) is 50.3. The number of nitrogens with zero attached hydrogens (tertiary/aromatic N) is 2. The lowest BCUT2D eigenvalue weighted by Gasteiger charge is -2.31. The van der Waals surface area contributed by atoms with E-state index in [1.165, 1.54) is 5.56 Å². The van der Waals surface area contributed by atoms with Crippen LogP contribution < -0.4 is 9.80 Å². The Morgan fingerprint density at radius 2 is 0.671 bits per heavy atom. The van der Waals surface area contributed by atoms with Gasteiger partial charge in [-0.2, -0.15) is 0 Å². The molecule has 0 fully saturated rings. The summed E-state index contributed by atoms with van der Waals surface area (Å²) in [6.07, 6.45) is 0. The fourth-order valence-electron chi connectivity index (χ4n) is 11.7. The number of benzene rings is 12. The van der Waals surface area contributed by atoms with Gasteiger partial charge in [-0.05, 0) is 88.8 Å². The molecule has 15 aromatic rings. The van der Waals surface area contributed by atoms with Crippen molar-refractivity contribution in [3.05, 3.63) is 266 Å². The van der Waals surface area contributed by atoms with E-state index in [0.717, 1.165) is 144 Å². The van der Waals surface area contributed by atoms with Gasteiger partial charge in [0.15, 0.2) is 16.7 Å². The molecule has 15 rings (SSSR count). The van der Waals surface area contributed by atoms with E-state index in [9.17, 15) is 0 Å². The van der Waals surface area contributed by atoms with Gasteiger partial charge in [-0.1, -0.05) is 212 Å². The predicted molar refractivity (Wildman–Crippen MR) is 316 cm³/mol. The van der Waals surface area contributed by atoms with Crippen LogP contribution in [-0.2, 0) is 0 Å². The van der Waals surface area contributed by atoms with Gasteiger partial charge in [0.25, 0.3) is 0 Å². The summed E-state index contributed by atoms with van der Waals surface area (Å²) in [7, 11) is 0. The second-order valence-electron chi connectivity index (χ2n) is 19.5. The van der Waals surface area contributed by atoms with Crippen molar-refractivity contribution >= 4 is 111 Å². The van der Waals surface area contributed by atoms with Crippen molar-refractivity contribution in [2.75, 3.05) is 9.80 Å². The number of anilines is 6. The fourth-order valence-corrected chi connectivity index (χ4v) is 11.7. The van der Waals surface area contributed by atoms with E-state index >= 15 is 0 Å². The Morgan fingerprint density at radius 1 is 0.263 bits per heavy atom. The summed E-state index contributed by atoms with van der Waals surface area (Å²) in [5.74, 6) is 0. The molecule has 0 saturated carbocycles. The van der Waals surface area contributed by atoms with Gasteiger partial charge in [0.05, 0.1) is 28.1 Å². The van der Waals surface area contributed by atoms with Crippen molar-refractivity contribution in [3.63, 3.8) is 0 Å². The summed E-state index contributed by atoms with van der Waals surface area (Å²) < 4.78 is 21.7. The first-order valence-corrected chi connectivity index (χ1v) is 25.8. The van der Waals surface area contributed by atoms with Gasteiger partial charge in [0, 0.05) is 54.6 Å². The maximum absolute atomic E-state index is 7.42. The Balaban J connectivity index is 1.06. The largest absolute Gasteiger partial charge is 0.454 e. The van der Waals surface area contributed by atoms with E-state index in [1.54, 1.807) is 0 Å². The van der Waals surface area contributed by atoms with Crippen LogP contribution in [0, 0.1) is 6.92 Å². The van der Waals surface area contributed by atoms with E-state index in [1.807, 2.05) is 6.07 Å². The van der Waals surface area contributed by atoms with Crippen LogP contribution in [-0.4, -0.2) is 0 Å². The van der Waals surface area contributed by atoms with Crippen molar-refractivity contribution in [3.8, 4) is 33.4 Å². The second-order valence-corrected chi connectivity index (χ2v) is 19.5. The molecule has 5 heteroatoms. The number of para-hydroxylation sites is 5. The van der Waals surface area contributed by atoms with Crippen molar-refractivity contribution in [1.82, 2.24) is 0 Å². The first-order valence-electron chi connectivity index (χ1n) is 25.8. The van der Waals surface area contributed by atoms with Gasteiger partial charge < -0.3 is 23.1 Å². The third kappa shape index (κ3) is 6.87. The lowest BCUT2D eigenvalue weighted by molar-refractivity contribution is 0.666. The Kier molecular flexibility index (Phi) is 10.0. The van der Waals surface area contributed by atoms with Gasteiger partial charge in [-0.3, -0.25) is 0 Å². The van der Waals surface area contributed by atoms with Crippen LogP contribution in [0.2, 0.25) is 0 Å². The average Bonchev–Trinajstić information content (AvgIpc) is 4.35. The average molecular weight is 975 g/mol. The summed E-state index contributed by atoms with van der Waals surface area (Å²) >= 11 is 0. The topological polar surface area (TPSA) is 45.9 Å². The Morgan fingerprint density at radius 3 is 1.29 bits per heavy atom. The highest BCUT2D eigenvalue weighted by Gasteiger charge is 2.32. The lowest BCUT2D eigenvalue weighted by Crippen LogP contribution is -2.14. The van der Waals surface area contributed by atoms with Crippen molar-refractivity contribution in [2.24, 2.45) is 0 Å². The van der Waals surface area contributed by atoms with Gasteiger partial charge in [-0.15, -0.1) is 0 Å². The number of hydrogen-bond donors (Lipinski definition) is 0. The van der Waals surface area contributed by atoms with Crippen molar-refractivity contribution in [1.29, 1.82) is 0 Å². The minimum absolute atomic E-state index is 0.735. The normalized spacial score (nSPS) is 11.8. The molecule has 76 heavy (non-hydrogen) atoms. The molecule has 0 N–H and O–H groups in total.